The van der Waals surface area contributed by atoms with Crippen LogP contribution < -0.4 is 5.32 Å². The molecule has 0 aliphatic heterocycles. The topological polar surface area (TPSA) is 12.0 Å². The lowest BCUT2D eigenvalue weighted by Gasteiger charge is -2.20. The quantitative estimate of drug-likeness (QED) is 0.837. The summed E-state index contributed by atoms with van der Waals surface area (Å²) in [5.74, 6) is -1.56. The van der Waals surface area contributed by atoms with Crippen LogP contribution in [0.3, 0.4) is 0 Å². The molecule has 0 saturated heterocycles. The largest absolute Gasteiger partial charge is 0.313 e. The molecule has 5 heteroatoms. The zero-order valence-electron chi connectivity index (χ0n) is 11.7. The standard InChI is InChI=1S/C16H15BrF3N/c1-9-3-6-13(19)15(16(9)20)14(21-2)8-10-7-11(18)4-5-12(10)17/h3-7,14,21H,8H2,1-2H3. The normalized spacial score (nSPS) is 12.5. The maximum Gasteiger partial charge on any atom is 0.133 e. The van der Waals surface area contributed by atoms with Crippen molar-refractivity contribution in [2.24, 2.45) is 0 Å². The molecule has 1 atom stereocenters. The Balaban J connectivity index is 2.41. The summed E-state index contributed by atoms with van der Waals surface area (Å²) < 4.78 is 42.2. The molecule has 0 spiro atoms. The monoisotopic (exact) mass is 357 g/mol. The third-order valence-electron chi connectivity index (χ3n) is 3.45. The lowest BCUT2D eigenvalue weighted by Crippen LogP contribution is -2.22. The van der Waals surface area contributed by atoms with Gasteiger partial charge >= 0.3 is 0 Å². The highest BCUT2D eigenvalue weighted by Gasteiger charge is 2.21. The predicted molar refractivity (Wildman–Crippen MR) is 80.7 cm³/mol. The Bertz CT molecular complexity index is 658. The zero-order valence-corrected chi connectivity index (χ0v) is 13.3. The minimum absolute atomic E-state index is 0.0198. The Morgan fingerprint density at radius 2 is 1.86 bits per heavy atom. The van der Waals surface area contributed by atoms with Crippen molar-refractivity contribution in [1.82, 2.24) is 5.32 Å². The van der Waals surface area contributed by atoms with E-state index >= 15 is 0 Å². The van der Waals surface area contributed by atoms with Crippen molar-refractivity contribution < 1.29 is 13.2 Å². The average molecular weight is 358 g/mol. The number of halogens is 4. The van der Waals surface area contributed by atoms with Crippen LogP contribution in [0.25, 0.3) is 0 Å². The number of likely N-dealkylation sites (N-methyl/N-ethyl adjacent to an activating group) is 1. The van der Waals surface area contributed by atoms with Gasteiger partial charge in [0.05, 0.1) is 0 Å². The summed E-state index contributed by atoms with van der Waals surface area (Å²) in [7, 11) is 1.62. The summed E-state index contributed by atoms with van der Waals surface area (Å²) in [4.78, 5) is 0. The molecular weight excluding hydrogens is 343 g/mol. The van der Waals surface area contributed by atoms with Crippen molar-refractivity contribution >= 4 is 15.9 Å². The van der Waals surface area contributed by atoms with Crippen LogP contribution in [0.15, 0.2) is 34.8 Å². The molecule has 0 aliphatic carbocycles. The van der Waals surface area contributed by atoms with E-state index in [1.807, 2.05) is 0 Å². The predicted octanol–water partition coefficient (Wildman–Crippen LogP) is 4.68. The van der Waals surface area contributed by atoms with E-state index in [0.29, 0.717) is 15.6 Å². The molecule has 1 unspecified atom stereocenters. The van der Waals surface area contributed by atoms with Gasteiger partial charge in [-0.05, 0) is 55.8 Å². The molecule has 0 bridgehead atoms. The van der Waals surface area contributed by atoms with Crippen LogP contribution in [0.5, 0.6) is 0 Å². The van der Waals surface area contributed by atoms with Gasteiger partial charge in [-0.15, -0.1) is 0 Å². The molecule has 0 fully saturated rings. The van der Waals surface area contributed by atoms with Gasteiger partial charge in [0.15, 0.2) is 0 Å². The average Bonchev–Trinajstić information content (AvgIpc) is 2.45. The molecular formula is C16H15BrF3N. The van der Waals surface area contributed by atoms with Crippen LogP contribution in [0.2, 0.25) is 0 Å². The third-order valence-corrected chi connectivity index (χ3v) is 4.22. The number of nitrogens with one attached hydrogen (secondary N) is 1. The van der Waals surface area contributed by atoms with Gasteiger partial charge in [0.2, 0.25) is 0 Å². The van der Waals surface area contributed by atoms with Crippen molar-refractivity contribution in [3.8, 4) is 0 Å². The fourth-order valence-corrected chi connectivity index (χ4v) is 2.67. The third kappa shape index (κ3) is 3.47. The number of aryl methyl sites for hydroxylation is 1. The molecule has 2 rings (SSSR count). The van der Waals surface area contributed by atoms with Gasteiger partial charge in [-0.1, -0.05) is 22.0 Å². The molecule has 112 valence electrons. The number of benzene rings is 2. The lowest BCUT2D eigenvalue weighted by atomic mass is 9.96. The van der Waals surface area contributed by atoms with Crippen molar-refractivity contribution in [2.45, 2.75) is 19.4 Å². The Labute approximate surface area is 130 Å². The minimum Gasteiger partial charge on any atom is -0.313 e. The lowest BCUT2D eigenvalue weighted by molar-refractivity contribution is 0.485. The Morgan fingerprint density at radius 3 is 2.52 bits per heavy atom. The summed E-state index contributed by atoms with van der Waals surface area (Å²) >= 11 is 3.33. The maximum absolute atomic E-state index is 14.2. The molecule has 0 heterocycles. The summed E-state index contributed by atoms with van der Waals surface area (Å²) in [6, 6.07) is 6.34. The molecule has 0 amide bonds. The van der Waals surface area contributed by atoms with E-state index in [2.05, 4.69) is 21.2 Å². The van der Waals surface area contributed by atoms with Crippen LogP contribution in [-0.4, -0.2) is 7.05 Å². The molecule has 0 saturated carbocycles. The van der Waals surface area contributed by atoms with Gasteiger partial charge in [-0.25, -0.2) is 13.2 Å². The first-order valence-corrected chi connectivity index (χ1v) is 7.29. The Morgan fingerprint density at radius 1 is 1.14 bits per heavy atom. The van der Waals surface area contributed by atoms with Crippen molar-refractivity contribution in [3.05, 3.63) is 68.9 Å². The first-order chi connectivity index (χ1) is 9.93. The second-order valence-electron chi connectivity index (χ2n) is 4.87. The van der Waals surface area contributed by atoms with Gasteiger partial charge in [0, 0.05) is 16.1 Å². The maximum atomic E-state index is 14.2. The smallest absolute Gasteiger partial charge is 0.133 e. The van der Waals surface area contributed by atoms with Crippen LogP contribution in [0, 0.1) is 24.4 Å². The first-order valence-electron chi connectivity index (χ1n) is 6.49. The highest BCUT2D eigenvalue weighted by molar-refractivity contribution is 9.10. The van der Waals surface area contributed by atoms with E-state index in [1.54, 1.807) is 20.0 Å². The van der Waals surface area contributed by atoms with Gasteiger partial charge in [-0.3, -0.25) is 0 Å². The van der Waals surface area contributed by atoms with Gasteiger partial charge in [-0.2, -0.15) is 0 Å². The molecule has 1 N–H and O–H groups in total. The van der Waals surface area contributed by atoms with Gasteiger partial charge in [0.1, 0.15) is 17.5 Å². The van der Waals surface area contributed by atoms with E-state index in [-0.39, 0.29) is 17.8 Å². The van der Waals surface area contributed by atoms with E-state index in [9.17, 15) is 13.2 Å². The molecule has 0 aliphatic rings. The van der Waals surface area contributed by atoms with Crippen molar-refractivity contribution in [2.75, 3.05) is 7.05 Å². The highest BCUT2D eigenvalue weighted by Crippen LogP contribution is 2.28. The SMILES string of the molecule is CNC(Cc1cc(F)ccc1Br)c1c(F)ccc(C)c1F. The fourth-order valence-electron chi connectivity index (χ4n) is 2.27. The summed E-state index contributed by atoms with van der Waals surface area (Å²) in [5, 5.41) is 2.90. The van der Waals surface area contributed by atoms with Crippen LogP contribution in [0.4, 0.5) is 13.2 Å². The van der Waals surface area contributed by atoms with Crippen molar-refractivity contribution in [1.29, 1.82) is 0 Å². The number of rotatable bonds is 4. The van der Waals surface area contributed by atoms with E-state index in [0.717, 1.165) is 0 Å². The molecule has 1 nitrogen and oxygen atoms in total. The second-order valence-corrected chi connectivity index (χ2v) is 5.73. The fraction of sp³-hybridized carbons (Fsp3) is 0.250. The molecule has 2 aromatic carbocycles. The summed E-state index contributed by atoms with van der Waals surface area (Å²) in [6.45, 7) is 1.59. The highest BCUT2D eigenvalue weighted by atomic mass is 79.9. The van der Waals surface area contributed by atoms with Crippen LogP contribution in [-0.2, 0) is 6.42 Å². The molecule has 0 radical (unpaired) electrons. The van der Waals surface area contributed by atoms with Crippen LogP contribution in [0.1, 0.15) is 22.7 Å². The summed E-state index contributed by atoms with van der Waals surface area (Å²) in [5.41, 5.74) is 1.01. The number of hydrogen-bond acceptors (Lipinski definition) is 1. The Hall–Kier alpha value is -1.33. The number of hydrogen-bond donors (Lipinski definition) is 1. The van der Waals surface area contributed by atoms with Gasteiger partial charge < -0.3 is 5.32 Å². The zero-order chi connectivity index (χ0) is 15.6. The van der Waals surface area contributed by atoms with Crippen molar-refractivity contribution in [3.63, 3.8) is 0 Å². The van der Waals surface area contributed by atoms with E-state index in [4.69, 9.17) is 0 Å². The Kier molecular flexibility index (Phi) is 5.06. The summed E-state index contributed by atoms with van der Waals surface area (Å²) in [6.07, 6.45) is 0.270. The van der Waals surface area contributed by atoms with E-state index < -0.39 is 17.7 Å². The van der Waals surface area contributed by atoms with Gasteiger partial charge in [0.25, 0.3) is 0 Å². The molecule has 0 aromatic heterocycles. The first kappa shape index (κ1) is 16.0. The molecule has 21 heavy (non-hydrogen) atoms. The minimum atomic E-state index is -0.607. The molecule has 2 aromatic rings. The van der Waals surface area contributed by atoms with E-state index in [1.165, 1.54) is 24.3 Å². The van der Waals surface area contributed by atoms with Crippen LogP contribution >= 0.6 is 15.9 Å². The second kappa shape index (κ2) is 6.62.